The Labute approximate surface area is 106 Å². The van der Waals surface area contributed by atoms with Crippen molar-refractivity contribution in [2.45, 2.75) is 18.8 Å². The molecule has 1 amide bonds. The van der Waals surface area contributed by atoms with E-state index in [2.05, 4.69) is 0 Å². The van der Waals surface area contributed by atoms with Crippen molar-refractivity contribution >= 4 is 25.3 Å². The molecule has 2 radical (unpaired) electrons. The van der Waals surface area contributed by atoms with Crippen LogP contribution in [0.3, 0.4) is 0 Å². The standard InChI is InChI=1S/C12H12BClFNO/c13-12(17)16-6-4-8(5-7-16)9-2-1-3-10(15)11(9)14/h1-3,8H,4-7H2. The molecule has 0 spiro atoms. The number of hydrogen-bond donors (Lipinski definition) is 0. The molecule has 0 bridgehead atoms. The molecule has 0 aromatic heterocycles. The van der Waals surface area contributed by atoms with Gasteiger partial charge in [-0.2, -0.15) is 0 Å². The van der Waals surface area contributed by atoms with Gasteiger partial charge in [0, 0.05) is 13.1 Å². The molecule has 0 unspecified atom stereocenters. The van der Waals surface area contributed by atoms with E-state index in [9.17, 15) is 9.18 Å². The maximum absolute atomic E-state index is 13.3. The van der Waals surface area contributed by atoms with Gasteiger partial charge >= 0.3 is 0 Å². The minimum atomic E-state index is -0.395. The van der Waals surface area contributed by atoms with E-state index in [-0.39, 0.29) is 16.8 Å². The smallest absolute Gasteiger partial charge is 0.200 e. The molecule has 1 heterocycles. The van der Waals surface area contributed by atoms with Crippen molar-refractivity contribution in [1.29, 1.82) is 0 Å². The van der Waals surface area contributed by atoms with Crippen LogP contribution in [0.1, 0.15) is 24.3 Å². The number of likely N-dealkylation sites (tertiary alicyclic amines) is 1. The van der Waals surface area contributed by atoms with Crippen molar-refractivity contribution < 1.29 is 9.18 Å². The molecule has 5 heteroatoms. The van der Waals surface area contributed by atoms with E-state index in [0.29, 0.717) is 13.1 Å². The molecule has 2 nitrogen and oxygen atoms in total. The Morgan fingerprint density at radius 2 is 2.06 bits per heavy atom. The third-order valence-electron chi connectivity index (χ3n) is 3.23. The molecule has 0 atom stereocenters. The fourth-order valence-corrected chi connectivity index (χ4v) is 2.53. The second kappa shape index (κ2) is 5.09. The van der Waals surface area contributed by atoms with Crippen LogP contribution in [-0.4, -0.2) is 31.6 Å². The summed E-state index contributed by atoms with van der Waals surface area (Å²) in [5.74, 6) is -0.580. The molecule has 0 N–H and O–H groups in total. The van der Waals surface area contributed by atoms with Crippen LogP contribution in [0.2, 0.25) is 5.02 Å². The lowest BCUT2D eigenvalue weighted by molar-refractivity contribution is 0.204. The number of nitrogens with zero attached hydrogens (tertiary/aromatic N) is 1. The van der Waals surface area contributed by atoms with Gasteiger partial charge in [0.05, 0.1) is 5.02 Å². The molecule has 0 aliphatic carbocycles. The predicted molar refractivity (Wildman–Crippen MR) is 66.1 cm³/mol. The number of halogens is 2. The van der Waals surface area contributed by atoms with Gasteiger partial charge < -0.3 is 4.90 Å². The van der Waals surface area contributed by atoms with Crippen molar-refractivity contribution in [1.82, 2.24) is 4.90 Å². The highest BCUT2D eigenvalue weighted by atomic mass is 35.5. The van der Waals surface area contributed by atoms with Gasteiger partial charge in [0.25, 0.3) is 0 Å². The van der Waals surface area contributed by atoms with Crippen LogP contribution >= 0.6 is 11.6 Å². The van der Waals surface area contributed by atoms with Crippen LogP contribution in [0.25, 0.3) is 0 Å². The molecular weight excluding hydrogens is 239 g/mol. The molecule has 1 aliphatic heterocycles. The van der Waals surface area contributed by atoms with Crippen molar-refractivity contribution in [3.63, 3.8) is 0 Å². The molecule has 0 saturated carbocycles. The summed E-state index contributed by atoms with van der Waals surface area (Å²) in [5, 5.41) is 0.199. The zero-order valence-corrected chi connectivity index (χ0v) is 10.1. The molecule has 1 saturated heterocycles. The summed E-state index contributed by atoms with van der Waals surface area (Å²) < 4.78 is 13.3. The Kier molecular flexibility index (Phi) is 3.72. The van der Waals surface area contributed by atoms with Crippen LogP contribution in [0.15, 0.2) is 18.2 Å². The third kappa shape index (κ3) is 2.63. The van der Waals surface area contributed by atoms with E-state index >= 15 is 0 Å². The van der Waals surface area contributed by atoms with Gasteiger partial charge in [0.1, 0.15) is 5.82 Å². The second-order valence-corrected chi connectivity index (χ2v) is 4.62. The first-order chi connectivity index (χ1) is 8.09. The average molecular weight is 251 g/mol. The van der Waals surface area contributed by atoms with Gasteiger partial charge in [-0.05, 0) is 30.4 Å². The van der Waals surface area contributed by atoms with Gasteiger partial charge in [-0.3, -0.25) is 4.79 Å². The summed E-state index contributed by atoms with van der Waals surface area (Å²) in [7, 11) is 5.21. The minimum absolute atomic E-state index is 0.199. The van der Waals surface area contributed by atoms with Crippen molar-refractivity contribution in [3.05, 3.63) is 34.6 Å². The monoisotopic (exact) mass is 251 g/mol. The fourth-order valence-electron chi connectivity index (χ4n) is 2.25. The largest absolute Gasteiger partial charge is 0.353 e. The topological polar surface area (TPSA) is 20.3 Å². The number of rotatable bonds is 1. The van der Waals surface area contributed by atoms with Crippen LogP contribution < -0.4 is 0 Å². The van der Waals surface area contributed by atoms with Gasteiger partial charge in [0.2, 0.25) is 7.85 Å². The highest BCUT2D eigenvalue weighted by Gasteiger charge is 2.23. The lowest BCUT2D eigenvalue weighted by atomic mass is 9.88. The van der Waals surface area contributed by atoms with Crippen molar-refractivity contribution in [2.24, 2.45) is 0 Å². The van der Waals surface area contributed by atoms with Crippen LogP contribution in [-0.2, 0) is 0 Å². The Morgan fingerprint density at radius 1 is 1.41 bits per heavy atom. The fraction of sp³-hybridized carbons (Fsp3) is 0.417. The number of carbonyl (C=O) groups excluding carboxylic acids is 1. The quantitative estimate of drug-likeness (QED) is 0.703. The predicted octanol–water partition coefficient (Wildman–Crippen LogP) is 2.95. The zero-order chi connectivity index (χ0) is 12.4. The Balaban J connectivity index is 2.10. The van der Waals surface area contributed by atoms with Crippen LogP contribution in [0, 0.1) is 5.82 Å². The molecule has 17 heavy (non-hydrogen) atoms. The van der Waals surface area contributed by atoms with Gasteiger partial charge in [-0.1, -0.05) is 23.7 Å². The van der Waals surface area contributed by atoms with E-state index in [1.807, 2.05) is 6.07 Å². The lowest BCUT2D eigenvalue weighted by Crippen LogP contribution is -2.37. The van der Waals surface area contributed by atoms with Gasteiger partial charge in [-0.25, -0.2) is 4.39 Å². The molecular formula is C12H12BClFNO. The summed E-state index contributed by atoms with van der Waals surface area (Å²) in [5.41, 5.74) is 0.829. The van der Waals surface area contributed by atoms with Gasteiger partial charge in [-0.15, -0.1) is 0 Å². The third-order valence-corrected chi connectivity index (χ3v) is 3.63. The molecule has 2 rings (SSSR count). The Morgan fingerprint density at radius 3 is 2.65 bits per heavy atom. The number of amides is 1. The van der Waals surface area contributed by atoms with Crippen LogP contribution in [0.4, 0.5) is 9.18 Å². The summed E-state index contributed by atoms with van der Waals surface area (Å²) in [6.45, 7) is 1.21. The number of benzene rings is 1. The molecule has 1 fully saturated rings. The Hall–Kier alpha value is -1.03. The summed E-state index contributed by atoms with van der Waals surface area (Å²) >= 11 is 5.95. The summed E-state index contributed by atoms with van der Waals surface area (Å²) in [4.78, 5) is 12.6. The van der Waals surface area contributed by atoms with E-state index in [1.165, 1.54) is 6.07 Å². The van der Waals surface area contributed by atoms with Gasteiger partial charge in [0.15, 0.2) is 5.81 Å². The minimum Gasteiger partial charge on any atom is -0.353 e. The first-order valence-electron chi connectivity index (χ1n) is 5.58. The SMILES string of the molecule is [B]C(=O)N1CCC(c2cccc(F)c2Cl)CC1. The van der Waals surface area contributed by atoms with E-state index < -0.39 is 5.81 Å². The molecule has 1 aromatic rings. The second-order valence-electron chi connectivity index (χ2n) is 4.24. The number of hydrogen-bond acceptors (Lipinski definition) is 1. The van der Waals surface area contributed by atoms with E-state index in [1.54, 1.807) is 11.0 Å². The van der Waals surface area contributed by atoms with E-state index in [4.69, 9.17) is 19.4 Å². The highest BCUT2D eigenvalue weighted by Crippen LogP contribution is 2.33. The lowest BCUT2D eigenvalue weighted by Gasteiger charge is -2.32. The van der Waals surface area contributed by atoms with E-state index in [0.717, 1.165) is 18.4 Å². The summed E-state index contributed by atoms with van der Waals surface area (Å²) in [6, 6.07) is 4.86. The van der Waals surface area contributed by atoms with Crippen molar-refractivity contribution in [3.8, 4) is 0 Å². The number of piperidine rings is 1. The normalized spacial score (nSPS) is 17.2. The average Bonchev–Trinajstić information content (AvgIpc) is 2.33. The zero-order valence-electron chi connectivity index (χ0n) is 9.33. The first kappa shape index (κ1) is 12.4. The number of carbonyl (C=O) groups is 1. The summed E-state index contributed by atoms with van der Waals surface area (Å²) in [6.07, 6.45) is 1.54. The van der Waals surface area contributed by atoms with Crippen LogP contribution in [0.5, 0.6) is 0 Å². The first-order valence-corrected chi connectivity index (χ1v) is 5.95. The van der Waals surface area contributed by atoms with Crippen molar-refractivity contribution in [2.75, 3.05) is 13.1 Å². The molecule has 88 valence electrons. The maximum Gasteiger partial charge on any atom is 0.200 e. The molecule has 1 aliphatic rings. The molecule has 1 aromatic carbocycles. The highest BCUT2D eigenvalue weighted by molar-refractivity contribution is 6.56. The Bertz CT molecular complexity index is 433. The maximum atomic E-state index is 13.3.